The molecule has 0 aliphatic heterocycles. The van der Waals surface area contributed by atoms with E-state index in [9.17, 15) is 13.3 Å². The minimum absolute atomic E-state index is 0.109. The zero-order chi connectivity index (χ0) is 18.9. The van der Waals surface area contributed by atoms with Gasteiger partial charge in [-0.2, -0.15) is 0 Å². The molecule has 6 heteroatoms. The van der Waals surface area contributed by atoms with E-state index in [-0.39, 0.29) is 24.8 Å². The van der Waals surface area contributed by atoms with Gasteiger partial charge in [0.15, 0.2) is 0 Å². The summed E-state index contributed by atoms with van der Waals surface area (Å²) in [7, 11) is 0. The van der Waals surface area contributed by atoms with Crippen LogP contribution in [0.2, 0.25) is 0 Å². The highest BCUT2D eigenvalue weighted by atomic mass is 32.2. The second-order valence-corrected chi connectivity index (χ2v) is 9.82. The Kier molecular flexibility index (Phi) is 5.37. The molecule has 26 heavy (non-hydrogen) atoms. The number of aromatic nitrogens is 1. The van der Waals surface area contributed by atoms with Gasteiger partial charge >= 0.3 is 0 Å². The van der Waals surface area contributed by atoms with E-state index in [0.717, 1.165) is 16.8 Å². The summed E-state index contributed by atoms with van der Waals surface area (Å²) < 4.78 is 41.6. The van der Waals surface area contributed by atoms with Gasteiger partial charge in [0.25, 0.3) is 0 Å². The van der Waals surface area contributed by atoms with Crippen molar-refractivity contribution in [2.24, 2.45) is 0 Å². The molecule has 0 saturated heterocycles. The number of hydrogen-bond donors (Lipinski definition) is 1. The first-order valence-corrected chi connectivity index (χ1v) is 9.87. The molecular weight excluding hydrogens is 354 g/mol. The van der Waals surface area contributed by atoms with Crippen molar-refractivity contribution in [3.8, 4) is 0 Å². The fourth-order valence-corrected chi connectivity index (χ4v) is 3.78. The highest BCUT2D eigenvalue weighted by Crippen LogP contribution is 2.48. The van der Waals surface area contributed by atoms with Gasteiger partial charge in [0.1, 0.15) is 10.8 Å². The number of alkyl halides is 2. The van der Waals surface area contributed by atoms with Gasteiger partial charge in [-0.15, -0.1) is 4.72 Å². The van der Waals surface area contributed by atoms with Crippen LogP contribution in [-0.2, 0) is 11.4 Å². The predicted molar refractivity (Wildman–Crippen MR) is 100 cm³/mol. The number of pyridine rings is 1. The second-order valence-electron chi connectivity index (χ2n) is 7.82. The zero-order valence-corrected chi connectivity index (χ0v) is 16.0. The van der Waals surface area contributed by atoms with E-state index in [4.69, 9.17) is 0 Å². The fraction of sp³-hybridized carbons (Fsp3) is 0.450. The minimum Gasteiger partial charge on any atom is -0.598 e. The van der Waals surface area contributed by atoms with Crippen molar-refractivity contribution in [2.75, 3.05) is 0 Å². The van der Waals surface area contributed by atoms with Crippen molar-refractivity contribution in [3.05, 3.63) is 65.5 Å². The highest BCUT2D eigenvalue weighted by molar-refractivity contribution is 7.90. The summed E-state index contributed by atoms with van der Waals surface area (Å²) in [5, 5.41) is 0. The largest absolute Gasteiger partial charge is 0.598 e. The predicted octanol–water partition coefficient (Wildman–Crippen LogP) is 4.74. The maximum absolute atomic E-state index is 13.1. The fourth-order valence-electron chi connectivity index (χ4n) is 2.95. The van der Waals surface area contributed by atoms with Crippen molar-refractivity contribution in [3.63, 3.8) is 0 Å². The Labute approximate surface area is 156 Å². The van der Waals surface area contributed by atoms with E-state index in [1.165, 1.54) is 0 Å². The lowest BCUT2D eigenvalue weighted by molar-refractivity contribution is -0.0868. The lowest BCUT2D eigenvalue weighted by atomic mass is 9.77. The van der Waals surface area contributed by atoms with E-state index >= 15 is 0 Å². The van der Waals surface area contributed by atoms with Gasteiger partial charge in [0.05, 0.1) is 5.69 Å². The summed E-state index contributed by atoms with van der Waals surface area (Å²) in [6.45, 7) is 5.72. The number of nitrogens with one attached hydrogen (secondary N) is 1. The first-order chi connectivity index (χ1) is 12.2. The molecule has 1 aliphatic rings. The molecule has 1 heterocycles. The van der Waals surface area contributed by atoms with E-state index in [1.54, 1.807) is 6.20 Å². The van der Waals surface area contributed by atoms with Crippen LogP contribution in [-0.4, -0.2) is 20.2 Å². The SMILES string of the molecule is CC(C)(C)[S+]([O-])N[C@@H](c1ccccc1)c1ccc(C2CC(F)(F)C2)cn1. The molecule has 2 aromatic rings. The standard InChI is InChI=1S/C20H24F2N2OS/c1-19(2,3)26(25)24-18(14-7-5-4-6-8-14)17-10-9-15(13-23-17)16-11-20(21,22)12-16/h4-10,13,16,18,24H,11-12H2,1-3H3/t18-,26?/m0/s1. The number of nitrogens with zero attached hydrogens (tertiary/aromatic N) is 1. The van der Waals surface area contributed by atoms with Gasteiger partial charge in [0.2, 0.25) is 5.92 Å². The molecule has 3 nitrogen and oxygen atoms in total. The Balaban J connectivity index is 1.82. The van der Waals surface area contributed by atoms with E-state index < -0.39 is 22.0 Å². The van der Waals surface area contributed by atoms with Gasteiger partial charge in [-0.3, -0.25) is 4.98 Å². The monoisotopic (exact) mass is 378 g/mol. The van der Waals surface area contributed by atoms with E-state index in [0.29, 0.717) is 0 Å². The Bertz CT molecular complexity index is 724. The summed E-state index contributed by atoms with van der Waals surface area (Å²) in [4.78, 5) is 4.50. The molecule has 1 aromatic carbocycles. The summed E-state index contributed by atoms with van der Waals surface area (Å²) in [5.74, 6) is -2.67. The van der Waals surface area contributed by atoms with Crippen LogP contribution in [0, 0.1) is 0 Å². The molecule has 0 amide bonds. The summed E-state index contributed by atoms with van der Waals surface area (Å²) in [6, 6.07) is 13.1. The van der Waals surface area contributed by atoms with E-state index in [1.807, 2.05) is 63.2 Å². The Morgan fingerprint density at radius 3 is 2.31 bits per heavy atom. The molecule has 0 spiro atoms. The molecule has 1 saturated carbocycles. The average molecular weight is 378 g/mol. The Morgan fingerprint density at radius 1 is 1.15 bits per heavy atom. The summed E-state index contributed by atoms with van der Waals surface area (Å²) in [6.07, 6.45) is 1.46. The molecular formula is C20H24F2N2OS. The number of rotatable bonds is 5. The Morgan fingerprint density at radius 2 is 1.81 bits per heavy atom. The van der Waals surface area contributed by atoms with Crippen molar-refractivity contribution in [1.82, 2.24) is 9.71 Å². The molecule has 140 valence electrons. The molecule has 1 aliphatic carbocycles. The molecule has 3 rings (SSSR count). The van der Waals surface area contributed by atoms with Crippen LogP contribution in [0.5, 0.6) is 0 Å². The summed E-state index contributed by atoms with van der Waals surface area (Å²) >= 11 is -1.27. The minimum atomic E-state index is -2.54. The quantitative estimate of drug-likeness (QED) is 0.765. The Hall–Kier alpha value is -1.50. The molecule has 0 radical (unpaired) electrons. The van der Waals surface area contributed by atoms with Crippen LogP contribution in [0.15, 0.2) is 48.7 Å². The third-order valence-electron chi connectivity index (χ3n) is 4.58. The lowest BCUT2D eigenvalue weighted by Gasteiger charge is -2.35. The third-order valence-corrected chi connectivity index (χ3v) is 6.14. The molecule has 1 fully saturated rings. The average Bonchev–Trinajstić information content (AvgIpc) is 2.57. The molecule has 1 unspecified atom stereocenters. The van der Waals surface area contributed by atoms with Crippen LogP contribution in [0.3, 0.4) is 0 Å². The van der Waals surface area contributed by atoms with Gasteiger partial charge in [-0.25, -0.2) is 8.78 Å². The molecule has 2 atom stereocenters. The van der Waals surface area contributed by atoms with Gasteiger partial charge in [-0.05, 0) is 43.9 Å². The van der Waals surface area contributed by atoms with Crippen molar-refractivity contribution in [2.45, 2.75) is 56.2 Å². The first kappa shape index (κ1) is 19.3. The lowest BCUT2D eigenvalue weighted by Crippen LogP contribution is -2.41. The van der Waals surface area contributed by atoms with Gasteiger partial charge in [0, 0.05) is 30.4 Å². The van der Waals surface area contributed by atoms with Crippen LogP contribution >= 0.6 is 0 Å². The van der Waals surface area contributed by atoms with Crippen LogP contribution in [0.25, 0.3) is 0 Å². The summed E-state index contributed by atoms with van der Waals surface area (Å²) in [5.41, 5.74) is 2.52. The maximum Gasteiger partial charge on any atom is 0.249 e. The van der Waals surface area contributed by atoms with Crippen molar-refractivity contribution >= 4 is 11.4 Å². The van der Waals surface area contributed by atoms with E-state index in [2.05, 4.69) is 9.71 Å². The topological polar surface area (TPSA) is 48.0 Å². The zero-order valence-electron chi connectivity index (χ0n) is 15.2. The third kappa shape index (κ3) is 4.42. The normalized spacial score (nSPS) is 19.6. The molecule has 1 aromatic heterocycles. The van der Waals surface area contributed by atoms with Gasteiger partial charge < -0.3 is 4.55 Å². The smallest absolute Gasteiger partial charge is 0.249 e. The maximum atomic E-state index is 13.1. The van der Waals surface area contributed by atoms with Gasteiger partial charge in [-0.1, -0.05) is 36.4 Å². The first-order valence-electron chi connectivity index (χ1n) is 8.72. The number of hydrogen-bond acceptors (Lipinski definition) is 3. The van der Waals surface area contributed by atoms with Crippen molar-refractivity contribution < 1.29 is 13.3 Å². The number of halogens is 2. The molecule has 0 bridgehead atoms. The molecule has 1 N–H and O–H groups in total. The van der Waals surface area contributed by atoms with Crippen LogP contribution in [0.4, 0.5) is 8.78 Å². The highest BCUT2D eigenvalue weighted by Gasteiger charge is 2.46. The second kappa shape index (κ2) is 7.25. The van der Waals surface area contributed by atoms with Crippen molar-refractivity contribution in [1.29, 1.82) is 0 Å². The van der Waals surface area contributed by atoms with Crippen LogP contribution in [0.1, 0.15) is 62.4 Å². The van der Waals surface area contributed by atoms with Crippen LogP contribution < -0.4 is 4.72 Å². The number of benzene rings is 1.